The molecule has 0 atom stereocenters. The van der Waals surface area contributed by atoms with Crippen LogP contribution in [0, 0.1) is 13.8 Å². The summed E-state index contributed by atoms with van der Waals surface area (Å²) in [6.45, 7) is 10.5. The summed E-state index contributed by atoms with van der Waals surface area (Å²) in [6, 6.07) is 5.93. The molecule has 1 spiro atoms. The minimum absolute atomic E-state index is 0.243. The van der Waals surface area contributed by atoms with Gasteiger partial charge in [-0.15, -0.1) is 0 Å². The zero-order chi connectivity index (χ0) is 19.2. The first-order valence-corrected chi connectivity index (χ1v) is 10.0. The molecule has 27 heavy (non-hydrogen) atoms. The number of hydrogen-bond acceptors (Lipinski definition) is 5. The lowest BCUT2D eigenvalue weighted by Crippen LogP contribution is -2.63. The molecule has 2 aliphatic rings. The van der Waals surface area contributed by atoms with E-state index < -0.39 is 0 Å². The number of aryl methyl sites for hydroxylation is 2. The van der Waals surface area contributed by atoms with Crippen LogP contribution < -0.4 is 5.63 Å². The van der Waals surface area contributed by atoms with Crippen LogP contribution in [0.3, 0.4) is 0 Å². The molecule has 146 valence electrons. The molecule has 5 heteroatoms. The molecule has 3 heterocycles. The van der Waals surface area contributed by atoms with Crippen molar-refractivity contribution in [3.8, 4) is 0 Å². The van der Waals surface area contributed by atoms with Crippen LogP contribution in [0.4, 0.5) is 0 Å². The van der Waals surface area contributed by atoms with Gasteiger partial charge in [-0.1, -0.05) is 6.07 Å². The van der Waals surface area contributed by atoms with Crippen molar-refractivity contribution in [2.24, 2.45) is 0 Å². The molecule has 5 nitrogen and oxygen atoms in total. The molecule has 0 saturated carbocycles. The third-order valence-corrected chi connectivity index (χ3v) is 6.65. The summed E-state index contributed by atoms with van der Waals surface area (Å²) in [7, 11) is 4.50. The van der Waals surface area contributed by atoms with Gasteiger partial charge in [0.05, 0.1) is 0 Å². The van der Waals surface area contributed by atoms with Crippen LogP contribution >= 0.6 is 0 Å². The molecule has 1 aromatic heterocycles. The Bertz CT molecular complexity index is 896. The highest BCUT2D eigenvalue weighted by Gasteiger charge is 2.41. The molecule has 0 amide bonds. The van der Waals surface area contributed by atoms with Gasteiger partial charge >= 0.3 is 5.63 Å². The fourth-order valence-electron chi connectivity index (χ4n) is 4.90. The van der Waals surface area contributed by atoms with E-state index >= 15 is 0 Å². The second-order valence-electron chi connectivity index (χ2n) is 8.71. The lowest BCUT2D eigenvalue weighted by Gasteiger charge is -2.52. The van der Waals surface area contributed by atoms with Crippen molar-refractivity contribution in [3.63, 3.8) is 0 Å². The Labute approximate surface area is 161 Å². The first-order chi connectivity index (χ1) is 12.9. The van der Waals surface area contributed by atoms with Crippen molar-refractivity contribution >= 4 is 11.0 Å². The number of fused-ring (bicyclic) bond motifs is 1. The summed E-state index contributed by atoms with van der Waals surface area (Å²) in [5.41, 5.74) is 4.11. The number of likely N-dealkylation sites (tertiary alicyclic amines) is 1. The van der Waals surface area contributed by atoms with Gasteiger partial charge in [0.2, 0.25) is 0 Å². The van der Waals surface area contributed by atoms with Crippen LogP contribution in [0.5, 0.6) is 0 Å². The van der Waals surface area contributed by atoms with Crippen molar-refractivity contribution < 1.29 is 4.42 Å². The molecular weight excluding hydrogens is 338 g/mol. The summed E-state index contributed by atoms with van der Waals surface area (Å²) < 4.78 is 5.53. The molecule has 4 rings (SSSR count). The Morgan fingerprint density at radius 3 is 2.52 bits per heavy atom. The van der Waals surface area contributed by atoms with Crippen molar-refractivity contribution in [3.05, 3.63) is 45.3 Å². The number of piperidine rings is 1. The molecule has 2 aromatic rings. The second kappa shape index (κ2) is 7.04. The number of benzene rings is 1. The molecule has 0 aliphatic carbocycles. The molecule has 1 aromatic carbocycles. The van der Waals surface area contributed by atoms with Gasteiger partial charge in [0.1, 0.15) is 5.58 Å². The average Bonchev–Trinajstić information content (AvgIpc) is 2.62. The Balaban J connectivity index is 1.63. The van der Waals surface area contributed by atoms with E-state index in [0.29, 0.717) is 0 Å². The molecule has 2 aliphatic heterocycles. The van der Waals surface area contributed by atoms with Gasteiger partial charge in [-0.2, -0.15) is 0 Å². The lowest BCUT2D eigenvalue weighted by molar-refractivity contribution is -0.0256. The van der Waals surface area contributed by atoms with Gasteiger partial charge in [-0.3, -0.25) is 9.80 Å². The van der Waals surface area contributed by atoms with Crippen LogP contribution in [0.15, 0.2) is 27.4 Å². The van der Waals surface area contributed by atoms with E-state index in [2.05, 4.69) is 47.9 Å². The summed E-state index contributed by atoms with van der Waals surface area (Å²) in [5, 5.41) is 1.09. The molecule has 2 saturated heterocycles. The largest absolute Gasteiger partial charge is 0.422 e. The second-order valence-corrected chi connectivity index (χ2v) is 8.71. The van der Waals surface area contributed by atoms with E-state index in [0.717, 1.165) is 61.4 Å². The summed E-state index contributed by atoms with van der Waals surface area (Å²) in [5.74, 6) is 0. The summed E-state index contributed by atoms with van der Waals surface area (Å²) in [6.07, 6.45) is 2.43. The van der Waals surface area contributed by atoms with Gasteiger partial charge < -0.3 is 9.32 Å². The van der Waals surface area contributed by atoms with Crippen LogP contribution in [-0.4, -0.2) is 67.1 Å². The molecule has 0 bridgehead atoms. The zero-order valence-corrected chi connectivity index (χ0v) is 17.0. The van der Waals surface area contributed by atoms with Gasteiger partial charge in [0, 0.05) is 43.2 Å². The van der Waals surface area contributed by atoms with Crippen molar-refractivity contribution in [1.29, 1.82) is 0 Å². The van der Waals surface area contributed by atoms with E-state index in [1.54, 1.807) is 6.07 Å². The van der Waals surface area contributed by atoms with Gasteiger partial charge in [-0.25, -0.2) is 4.79 Å². The van der Waals surface area contributed by atoms with Gasteiger partial charge in [0.15, 0.2) is 0 Å². The first kappa shape index (κ1) is 18.7. The quantitative estimate of drug-likeness (QED) is 0.761. The monoisotopic (exact) mass is 369 g/mol. The molecule has 2 fully saturated rings. The van der Waals surface area contributed by atoms with Gasteiger partial charge in [-0.05, 0) is 76.6 Å². The molecule has 0 radical (unpaired) electrons. The highest BCUT2D eigenvalue weighted by molar-refractivity contribution is 5.83. The fourth-order valence-corrected chi connectivity index (χ4v) is 4.90. The number of likely N-dealkylation sites (N-methyl/N-ethyl adjacent to an activating group) is 1. The summed E-state index contributed by atoms with van der Waals surface area (Å²) >= 11 is 0. The highest BCUT2D eigenvalue weighted by atomic mass is 16.4. The molecule has 0 unspecified atom stereocenters. The normalized spacial score (nSPS) is 21.9. The third kappa shape index (κ3) is 3.56. The predicted molar refractivity (Wildman–Crippen MR) is 109 cm³/mol. The maximum absolute atomic E-state index is 12.2. The van der Waals surface area contributed by atoms with Crippen LogP contribution in [0.1, 0.15) is 29.5 Å². The maximum Gasteiger partial charge on any atom is 0.336 e. The van der Waals surface area contributed by atoms with Crippen LogP contribution in [0.25, 0.3) is 11.0 Å². The van der Waals surface area contributed by atoms with E-state index in [1.807, 2.05) is 6.92 Å². The zero-order valence-electron chi connectivity index (χ0n) is 17.0. The van der Waals surface area contributed by atoms with Crippen molar-refractivity contribution in [2.75, 3.05) is 46.8 Å². The van der Waals surface area contributed by atoms with E-state index in [4.69, 9.17) is 4.42 Å². The Morgan fingerprint density at radius 2 is 1.78 bits per heavy atom. The number of rotatable bonds is 2. The maximum atomic E-state index is 12.2. The minimum atomic E-state index is -0.243. The number of hydrogen-bond donors (Lipinski definition) is 0. The fraction of sp³-hybridized carbons (Fsp3) is 0.591. The average molecular weight is 370 g/mol. The van der Waals surface area contributed by atoms with Crippen LogP contribution in [-0.2, 0) is 6.54 Å². The van der Waals surface area contributed by atoms with E-state index in [1.165, 1.54) is 18.4 Å². The van der Waals surface area contributed by atoms with Crippen molar-refractivity contribution in [1.82, 2.24) is 14.7 Å². The minimum Gasteiger partial charge on any atom is -0.422 e. The SMILES string of the molecule is Cc1cc(C)c2oc(=O)cc(CN3CCN(C)C4(CCN(C)CC4)C3)c2c1. The third-order valence-electron chi connectivity index (χ3n) is 6.65. The van der Waals surface area contributed by atoms with E-state index in [-0.39, 0.29) is 11.2 Å². The Kier molecular flexibility index (Phi) is 4.87. The summed E-state index contributed by atoms with van der Waals surface area (Å²) in [4.78, 5) is 19.7. The lowest BCUT2D eigenvalue weighted by atomic mass is 9.83. The van der Waals surface area contributed by atoms with Gasteiger partial charge in [0.25, 0.3) is 0 Å². The smallest absolute Gasteiger partial charge is 0.336 e. The van der Waals surface area contributed by atoms with Crippen LogP contribution in [0.2, 0.25) is 0 Å². The number of nitrogens with zero attached hydrogens (tertiary/aromatic N) is 3. The number of piperazine rings is 1. The Hall–Kier alpha value is -1.69. The standard InChI is InChI=1S/C22H31N3O2/c1-16-11-17(2)21-19(12-16)18(13-20(26)27-21)14-25-10-9-24(4)22(15-25)5-7-23(3)8-6-22/h11-13H,5-10,14-15H2,1-4H3. The molecule has 0 N–H and O–H groups in total. The predicted octanol–water partition coefficient (Wildman–Crippen LogP) is 2.62. The Morgan fingerprint density at radius 1 is 1.04 bits per heavy atom. The molecular formula is C22H31N3O2. The first-order valence-electron chi connectivity index (χ1n) is 10.0. The van der Waals surface area contributed by atoms with E-state index in [9.17, 15) is 4.79 Å². The van der Waals surface area contributed by atoms with Crippen molar-refractivity contribution in [2.45, 2.75) is 38.8 Å². The topological polar surface area (TPSA) is 39.9 Å². The highest BCUT2D eigenvalue weighted by Crippen LogP contribution is 2.32.